The molecule has 4 heteroatoms. The number of hydrogen-bond acceptors (Lipinski definition) is 4. The Morgan fingerprint density at radius 3 is 3.05 bits per heavy atom. The third kappa shape index (κ3) is 2.92. The summed E-state index contributed by atoms with van der Waals surface area (Å²) in [5.41, 5.74) is 4.20. The molecule has 0 aliphatic carbocycles. The molecule has 2 heterocycles. The fourth-order valence-corrected chi connectivity index (χ4v) is 3.31. The van der Waals surface area contributed by atoms with E-state index in [4.69, 9.17) is 0 Å². The molecular weight excluding hydrogens is 266 g/mol. The van der Waals surface area contributed by atoms with Crippen LogP contribution in [0.1, 0.15) is 35.5 Å². The number of aromatic nitrogens is 1. The van der Waals surface area contributed by atoms with Crippen molar-refractivity contribution in [3.05, 3.63) is 51.5 Å². The van der Waals surface area contributed by atoms with Gasteiger partial charge in [-0.25, -0.2) is 4.98 Å². The molecule has 1 aliphatic heterocycles. The predicted molar refractivity (Wildman–Crippen MR) is 83.8 cm³/mol. The molecule has 0 fully saturated rings. The minimum absolute atomic E-state index is 0.0810. The summed E-state index contributed by atoms with van der Waals surface area (Å²) in [6.07, 6.45) is 3.02. The molecule has 3 nitrogen and oxygen atoms in total. The molecule has 0 amide bonds. The van der Waals surface area contributed by atoms with Gasteiger partial charge >= 0.3 is 0 Å². The van der Waals surface area contributed by atoms with Crippen LogP contribution >= 0.6 is 11.3 Å². The highest BCUT2D eigenvalue weighted by Gasteiger charge is 2.22. The van der Waals surface area contributed by atoms with Gasteiger partial charge in [-0.05, 0) is 43.5 Å². The molecule has 0 spiro atoms. The van der Waals surface area contributed by atoms with E-state index < -0.39 is 0 Å². The first kappa shape index (κ1) is 13.7. The van der Waals surface area contributed by atoms with Crippen molar-refractivity contribution in [1.82, 2.24) is 15.6 Å². The summed E-state index contributed by atoms with van der Waals surface area (Å²) < 4.78 is 0. The molecule has 0 saturated carbocycles. The molecule has 0 bridgehead atoms. The van der Waals surface area contributed by atoms with E-state index in [1.807, 2.05) is 11.6 Å². The van der Waals surface area contributed by atoms with Crippen LogP contribution < -0.4 is 10.6 Å². The monoisotopic (exact) mass is 287 g/mol. The Hall–Kier alpha value is -1.23. The first-order valence-electron chi connectivity index (χ1n) is 7.11. The van der Waals surface area contributed by atoms with Crippen molar-refractivity contribution in [3.63, 3.8) is 0 Å². The van der Waals surface area contributed by atoms with Crippen molar-refractivity contribution < 1.29 is 0 Å². The number of fused-ring (bicyclic) bond motifs is 1. The Kier molecular flexibility index (Phi) is 3.87. The van der Waals surface area contributed by atoms with Gasteiger partial charge in [0.15, 0.2) is 0 Å². The largest absolute Gasteiger partial charge is 0.312 e. The molecule has 2 aromatic rings. The van der Waals surface area contributed by atoms with Crippen LogP contribution in [0, 0.1) is 0 Å². The summed E-state index contributed by atoms with van der Waals surface area (Å²) >= 11 is 1.70. The molecule has 106 valence electrons. The average Bonchev–Trinajstić information content (AvgIpc) is 3.00. The minimum Gasteiger partial charge on any atom is -0.312 e. The zero-order chi connectivity index (χ0) is 14.0. The van der Waals surface area contributed by atoms with Gasteiger partial charge in [-0.2, -0.15) is 0 Å². The molecule has 1 aromatic carbocycles. The molecular formula is C16H21N3S. The summed E-state index contributed by atoms with van der Waals surface area (Å²) in [6.45, 7) is 7.35. The zero-order valence-electron chi connectivity index (χ0n) is 12.1. The second kappa shape index (κ2) is 5.64. The van der Waals surface area contributed by atoms with Gasteiger partial charge in [0.1, 0.15) is 5.01 Å². The van der Waals surface area contributed by atoms with Crippen LogP contribution in [-0.2, 0) is 25.0 Å². The van der Waals surface area contributed by atoms with Gasteiger partial charge in [0, 0.05) is 24.7 Å². The molecule has 0 atom stereocenters. The number of benzene rings is 1. The quantitative estimate of drug-likeness (QED) is 0.908. The fraction of sp³-hybridized carbons (Fsp3) is 0.438. The van der Waals surface area contributed by atoms with Crippen molar-refractivity contribution in [3.8, 4) is 0 Å². The lowest BCUT2D eigenvalue weighted by Gasteiger charge is -2.24. The van der Waals surface area contributed by atoms with Crippen molar-refractivity contribution in [2.45, 2.75) is 38.9 Å². The van der Waals surface area contributed by atoms with Crippen LogP contribution in [0.2, 0.25) is 0 Å². The van der Waals surface area contributed by atoms with E-state index in [-0.39, 0.29) is 5.54 Å². The molecule has 0 radical (unpaired) electrons. The van der Waals surface area contributed by atoms with Crippen molar-refractivity contribution in [2.75, 3.05) is 6.54 Å². The van der Waals surface area contributed by atoms with Gasteiger partial charge < -0.3 is 10.6 Å². The lowest BCUT2D eigenvalue weighted by molar-refractivity contribution is 0.399. The summed E-state index contributed by atoms with van der Waals surface area (Å²) in [4.78, 5) is 4.42. The van der Waals surface area contributed by atoms with E-state index in [0.29, 0.717) is 0 Å². The second-order valence-electron chi connectivity index (χ2n) is 5.85. The number of hydrogen-bond donors (Lipinski definition) is 2. The molecule has 3 rings (SSSR count). The van der Waals surface area contributed by atoms with Crippen LogP contribution in [0.25, 0.3) is 0 Å². The van der Waals surface area contributed by atoms with Crippen LogP contribution in [0.3, 0.4) is 0 Å². The Balaban J connectivity index is 1.69. The van der Waals surface area contributed by atoms with Crippen molar-refractivity contribution in [2.24, 2.45) is 0 Å². The van der Waals surface area contributed by atoms with E-state index >= 15 is 0 Å². The van der Waals surface area contributed by atoms with Gasteiger partial charge in [0.2, 0.25) is 0 Å². The summed E-state index contributed by atoms with van der Waals surface area (Å²) in [6, 6.07) is 6.85. The topological polar surface area (TPSA) is 37.0 Å². The molecule has 2 N–H and O–H groups in total. The van der Waals surface area contributed by atoms with Crippen LogP contribution in [0.15, 0.2) is 29.8 Å². The first-order valence-corrected chi connectivity index (χ1v) is 7.99. The van der Waals surface area contributed by atoms with E-state index in [9.17, 15) is 0 Å². The minimum atomic E-state index is -0.0810. The third-order valence-electron chi connectivity index (χ3n) is 3.86. The van der Waals surface area contributed by atoms with E-state index in [0.717, 1.165) is 31.1 Å². The van der Waals surface area contributed by atoms with Crippen LogP contribution in [0.4, 0.5) is 0 Å². The van der Waals surface area contributed by atoms with Crippen molar-refractivity contribution in [1.29, 1.82) is 0 Å². The first-order chi connectivity index (χ1) is 9.65. The summed E-state index contributed by atoms with van der Waals surface area (Å²) in [7, 11) is 0. The Morgan fingerprint density at radius 2 is 2.25 bits per heavy atom. The highest BCUT2D eigenvalue weighted by molar-refractivity contribution is 7.09. The average molecular weight is 287 g/mol. The Morgan fingerprint density at radius 1 is 1.35 bits per heavy atom. The second-order valence-corrected chi connectivity index (χ2v) is 6.74. The normalized spacial score (nSPS) is 15.1. The van der Waals surface area contributed by atoms with E-state index in [1.165, 1.54) is 16.7 Å². The summed E-state index contributed by atoms with van der Waals surface area (Å²) in [5, 5.41) is 10.2. The number of thiazole rings is 1. The van der Waals surface area contributed by atoms with E-state index in [2.05, 4.69) is 47.7 Å². The lowest BCUT2D eigenvalue weighted by atomic mass is 9.98. The van der Waals surface area contributed by atoms with Crippen LogP contribution in [0.5, 0.6) is 0 Å². The number of nitrogens with one attached hydrogen (secondary N) is 2. The molecule has 0 saturated heterocycles. The highest BCUT2D eigenvalue weighted by atomic mass is 32.1. The Bertz CT molecular complexity index is 575. The van der Waals surface area contributed by atoms with Gasteiger partial charge in [0.25, 0.3) is 0 Å². The Labute approximate surface area is 124 Å². The predicted octanol–water partition coefficient (Wildman–Crippen LogP) is 2.81. The molecule has 0 unspecified atom stereocenters. The lowest BCUT2D eigenvalue weighted by Crippen LogP contribution is -2.36. The maximum absolute atomic E-state index is 4.42. The van der Waals surface area contributed by atoms with Gasteiger partial charge in [0.05, 0.1) is 5.54 Å². The zero-order valence-corrected chi connectivity index (χ0v) is 12.9. The molecule has 1 aliphatic rings. The van der Waals surface area contributed by atoms with E-state index in [1.54, 1.807) is 11.3 Å². The third-order valence-corrected chi connectivity index (χ3v) is 4.96. The molecule has 1 aromatic heterocycles. The van der Waals surface area contributed by atoms with Crippen LogP contribution in [-0.4, -0.2) is 11.5 Å². The standard InChI is InChI=1S/C16H21N3S/c1-16(2,15-18-7-8-20-15)19-10-12-3-4-13-5-6-17-11-14(13)9-12/h3-4,7-9,17,19H,5-6,10-11H2,1-2H3. The van der Waals surface area contributed by atoms with Gasteiger partial charge in [-0.1, -0.05) is 18.2 Å². The number of rotatable bonds is 4. The number of nitrogens with zero attached hydrogens (tertiary/aromatic N) is 1. The summed E-state index contributed by atoms with van der Waals surface area (Å²) in [5.74, 6) is 0. The maximum Gasteiger partial charge on any atom is 0.112 e. The molecule has 20 heavy (non-hydrogen) atoms. The highest BCUT2D eigenvalue weighted by Crippen LogP contribution is 2.23. The fourth-order valence-electron chi connectivity index (χ4n) is 2.57. The smallest absolute Gasteiger partial charge is 0.112 e. The van der Waals surface area contributed by atoms with Crippen molar-refractivity contribution >= 4 is 11.3 Å². The SMILES string of the molecule is CC(C)(NCc1ccc2c(c1)CNCC2)c1nccs1. The van der Waals surface area contributed by atoms with Gasteiger partial charge in [-0.15, -0.1) is 11.3 Å². The van der Waals surface area contributed by atoms with Gasteiger partial charge in [-0.3, -0.25) is 0 Å². The maximum atomic E-state index is 4.42.